The highest BCUT2D eigenvalue weighted by Crippen LogP contribution is 2.21. The molecule has 1 amide bonds. The molecule has 0 aromatic heterocycles. The quantitative estimate of drug-likeness (QED) is 0.728. The van der Waals surface area contributed by atoms with E-state index < -0.39 is 0 Å². The minimum atomic E-state index is -0.110. The van der Waals surface area contributed by atoms with E-state index in [4.69, 9.17) is 10.5 Å². The second-order valence-corrected chi connectivity index (χ2v) is 4.00. The number of ether oxygens (including phenoxy) is 1. The molecule has 0 aliphatic rings. The average molecular weight is 236 g/mol. The van der Waals surface area contributed by atoms with Crippen LogP contribution in [-0.2, 0) is 4.79 Å². The predicted molar refractivity (Wildman–Crippen MR) is 68.1 cm³/mol. The van der Waals surface area contributed by atoms with Crippen LogP contribution in [0.25, 0.3) is 0 Å². The monoisotopic (exact) mass is 236 g/mol. The standard InChI is InChI=1S/C13H20N2O2/c1-10-5-3-6-11(2)13(10)17-9-12(16)15-8-4-7-14/h3,5-6H,4,7-9,14H2,1-2H3,(H,15,16). The van der Waals surface area contributed by atoms with E-state index in [-0.39, 0.29) is 12.5 Å². The van der Waals surface area contributed by atoms with Crippen molar-refractivity contribution in [2.24, 2.45) is 5.73 Å². The highest BCUT2D eigenvalue weighted by atomic mass is 16.5. The molecular formula is C13H20N2O2. The molecule has 0 unspecified atom stereocenters. The molecule has 0 saturated carbocycles. The van der Waals surface area contributed by atoms with Crippen molar-refractivity contribution < 1.29 is 9.53 Å². The number of carbonyl (C=O) groups is 1. The number of aryl methyl sites for hydroxylation is 2. The van der Waals surface area contributed by atoms with Gasteiger partial charge in [-0.2, -0.15) is 0 Å². The number of nitrogens with two attached hydrogens (primary N) is 1. The zero-order valence-electron chi connectivity index (χ0n) is 10.5. The lowest BCUT2D eigenvalue weighted by Crippen LogP contribution is -2.30. The molecule has 0 spiro atoms. The van der Waals surface area contributed by atoms with Gasteiger partial charge in [-0.25, -0.2) is 0 Å². The summed E-state index contributed by atoms with van der Waals surface area (Å²) in [5.74, 6) is 0.683. The summed E-state index contributed by atoms with van der Waals surface area (Å²) >= 11 is 0. The van der Waals surface area contributed by atoms with Gasteiger partial charge in [0, 0.05) is 6.54 Å². The summed E-state index contributed by atoms with van der Waals surface area (Å²) in [5.41, 5.74) is 7.42. The molecule has 0 aliphatic carbocycles. The first-order valence-electron chi connectivity index (χ1n) is 5.81. The number of para-hydroxylation sites is 1. The van der Waals surface area contributed by atoms with Gasteiger partial charge in [0.2, 0.25) is 0 Å². The number of amides is 1. The van der Waals surface area contributed by atoms with Crippen LogP contribution in [0.15, 0.2) is 18.2 Å². The number of rotatable bonds is 6. The summed E-state index contributed by atoms with van der Waals surface area (Å²) in [4.78, 5) is 11.4. The van der Waals surface area contributed by atoms with Crippen molar-refractivity contribution in [3.8, 4) is 5.75 Å². The van der Waals surface area contributed by atoms with E-state index >= 15 is 0 Å². The van der Waals surface area contributed by atoms with E-state index in [1.807, 2.05) is 32.0 Å². The molecule has 0 heterocycles. The van der Waals surface area contributed by atoms with Gasteiger partial charge in [-0.05, 0) is 37.9 Å². The Labute approximate surface area is 102 Å². The van der Waals surface area contributed by atoms with Crippen LogP contribution in [0.1, 0.15) is 17.5 Å². The Bertz CT molecular complexity index is 357. The summed E-state index contributed by atoms with van der Waals surface area (Å²) in [5, 5.41) is 2.75. The molecule has 17 heavy (non-hydrogen) atoms. The molecule has 1 aromatic carbocycles. The zero-order chi connectivity index (χ0) is 12.7. The van der Waals surface area contributed by atoms with Gasteiger partial charge in [-0.3, -0.25) is 4.79 Å². The molecule has 0 aliphatic heterocycles. The fourth-order valence-electron chi connectivity index (χ4n) is 1.55. The second kappa shape index (κ2) is 6.91. The van der Waals surface area contributed by atoms with Crippen LogP contribution in [0.5, 0.6) is 5.75 Å². The van der Waals surface area contributed by atoms with E-state index in [1.165, 1.54) is 0 Å². The van der Waals surface area contributed by atoms with Gasteiger partial charge >= 0.3 is 0 Å². The molecule has 1 rings (SSSR count). The number of hydrogen-bond acceptors (Lipinski definition) is 3. The molecule has 1 aromatic rings. The first kappa shape index (κ1) is 13.5. The van der Waals surface area contributed by atoms with E-state index in [9.17, 15) is 4.79 Å². The van der Waals surface area contributed by atoms with E-state index in [1.54, 1.807) is 0 Å². The summed E-state index contributed by atoms with van der Waals surface area (Å²) in [6, 6.07) is 5.90. The van der Waals surface area contributed by atoms with E-state index in [0.29, 0.717) is 13.1 Å². The Balaban J connectivity index is 2.42. The van der Waals surface area contributed by atoms with Gasteiger partial charge in [-0.1, -0.05) is 18.2 Å². The van der Waals surface area contributed by atoms with Crippen LogP contribution in [-0.4, -0.2) is 25.6 Å². The summed E-state index contributed by atoms with van der Waals surface area (Å²) in [6.07, 6.45) is 0.787. The Morgan fingerprint density at radius 1 is 1.35 bits per heavy atom. The maximum atomic E-state index is 11.4. The summed E-state index contributed by atoms with van der Waals surface area (Å²) < 4.78 is 5.52. The Morgan fingerprint density at radius 3 is 2.59 bits per heavy atom. The van der Waals surface area contributed by atoms with Crippen LogP contribution in [0.2, 0.25) is 0 Å². The van der Waals surface area contributed by atoms with Crippen molar-refractivity contribution in [2.75, 3.05) is 19.7 Å². The largest absolute Gasteiger partial charge is 0.483 e. The van der Waals surface area contributed by atoms with Crippen molar-refractivity contribution in [1.29, 1.82) is 0 Å². The third kappa shape index (κ3) is 4.44. The van der Waals surface area contributed by atoms with Crippen LogP contribution in [0, 0.1) is 13.8 Å². The molecule has 0 radical (unpaired) electrons. The lowest BCUT2D eigenvalue weighted by molar-refractivity contribution is -0.123. The third-order valence-corrected chi connectivity index (χ3v) is 2.46. The van der Waals surface area contributed by atoms with Gasteiger partial charge in [-0.15, -0.1) is 0 Å². The van der Waals surface area contributed by atoms with Crippen LogP contribution in [0.3, 0.4) is 0 Å². The SMILES string of the molecule is Cc1cccc(C)c1OCC(=O)NCCCN. The topological polar surface area (TPSA) is 64.3 Å². The molecule has 0 saturated heterocycles. The first-order chi connectivity index (χ1) is 8.15. The number of benzene rings is 1. The highest BCUT2D eigenvalue weighted by molar-refractivity contribution is 5.77. The summed E-state index contributed by atoms with van der Waals surface area (Å²) in [7, 11) is 0. The zero-order valence-corrected chi connectivity index (χ0v) is 10.5. The van der Waals surface area contributed by atoms with Gasteiger partial charge in [0.25, 0.3) is 5.91 Å². The molecular weight excluding hydrogens is 216 g/mol. The highest BCUT2D eigenvalue weighted by Gasteiger charge is 2.06. The van der Waals surface area contributed by atoms with Crippen LogP contribution < -0.4 is 15.8 Å². The van der Waals surface area contributed by atoms with Crippen molar-refractivity contribution >= 4 is 5.91 Å². The lowest BCUT2D eigenvalue weighted by atomic mass is 10.1. The fraction of sp³-hybridized carbons (Fsp3) is 0.462. The van der Waals surface area contributed by atoms with Crippen LogP contribution >= 0.6 is 0 Å². The Kier molecular flexibility index (Phi) is 5.49. The minimum absolute atomic E-state index is 0.0518. The first-order valence-corrected chi connectivity index (χ1v) is 5.81. The van der Waals surface area contributed by atoms with Crippen molar-refractivity contribution in [3.63, 3.8) is 0 Å². The van der Waals surface area contributed by atoms with E-state index in [0.717, 1.165) is 23.3 Å². The normalized spacial score (nSPS) is 10.1. The average Bonchev–Trinajstić information content (AvgIpc) is 2.29. The minimum Gasteiger partial charge on any atom is -0.483 e. The maximum Gasteiger partial charge on any atom is 0.257 e. The fourth-order valence-corrected chi connectivity index (χ4v) is 1.55. The molecule has 4 heteroatoms. The number of nitrogens with one attached hydrogen (secondary N) is 1. The van der Waals surface area contributed by atoms with Crippen molar-refractivity contribution in [3.05, 3.63) is 29.3 Å². The maximum absolute atomic E-state index is 11.4. The second-order valence-electron chi connectivity index (χ2n) is 4.00. The smallest absolute Gasteiger partial charge is 0.257 e. The van der Waals surface area contributed by atoms with Gasteiger partial charge in [0.05, 0.1) is 0 Å². The van der Waals surface area contributed by atoms with Crippen molar-refractivity contribution in [2.45, 2.75) is 20.3 Å². The number of hydrogen-bond donors (Lipinski definition) is 2. The molecule has 0 bridgehead atoms. The molecule has 0 atom stereocenters. The summed E-state index contributed by atoms with van der Waals surface area (Å²) in [6.45, 7) is 5.17. The van der Waals surface area contributed by atoms with Gasteiger partial charge < -0.3 is 15.8 Å². The van der Waals surface area contributed by atoms with Gasteiger partial charge in [0.1, 0.15) is 5.75 Å². The molecule has 0 fully saturated rings. The Morgan fingerprint density at radius 2 is 2.00 bits per heavy atom. The molecule has 94 valence electrons. The van der Waals surface area contributed by atoms with E-state index in [2.05, 4.69) is 5.32 Å². The van der Waals surface area contributed by atoms with Crippen molar-refractivity contribution in [1.82, 2.24) is 5.32 Å². The van der Waals surface area contributed by atoms with Gasteiger partial charge in [0.15, 0.2) is 6.61 Å². The molecule has 4 nitrogen and oxygen atoms in total. The third-order valence-electron chi connectivity index (χ3n) is 2.46. The lowest BCUT2D eigenvalue weighted by Gasteiger charge is -2.11. The predicted octanol–water partition coefficient (Wildman–Crippen LogP) is 1.15. The molecule has 3 N–H and O–H groups in total. The Hall–Kier alpha value is -1.55. The number of carbonyl (C=O) groups excluding carboxylic acids is 1. The van der Waals surface area contributed by atoms with Crippen LogP contribution in [0.4, 0.5) is 0 Å².